The van der Waals surface area contributed by atoms with E-state index in [2.05, 4.69) is 102 Å². The van der Waals surface area contributed by atoms with Gasteiger partial charge in [0.2, 0.25) is 0 Å². The van der Waals surface area contributed by atoms with Gasteiger partial charge in [0.15, 0.2) is 6.17 Å². The molecule has 0 saturated carbocycles. The van der Waals surface area contributed by atoms with Gasteiger partial charge in [-0.25, -0.2) is 9.37 Å². The molecule has 4 heteroatoms. The molecule has 0 radical (unpaired) electrons. The molecule has 0 aliphatic heterocycles. The maximum atomic E-state index is 16.4. The molecule has 9 rings (SSSR count). The number of nitrogens with zero attached hydrogens (tertiary/aromatic N) is 3. The van der Waals surface area contributed by atoms with Gasteiger partial charge in [0, 0.05) is 45.7 Å². The SMILES string of the molecule is CC1(C)c2ccccc2C(c2ccccc2)c2ccc3c(c21)c1cccnc1n3-c1cccc(C(F)c2cccc(-c3ccccn3)c2)c1. The summed E-state index contributed by atoms with van der Waals surface area (Å²) in [5, 5.41) is 2.30. The Bertz CT molecular complexity index is 2500. The van der Waals surface area contributed by atoms with Crippen LogP contribution in [0, 0.1) is 0 Å². The average Bonchev–Trinajstić information content (AvgIpc) is 3.50. The summed E-state index contributed by atoms with van der Waals surface area (Å²) < 4.78 is 18.6. The topological polar surface area (TPSA) is 30.7 Å². The molecule has 3 heterocycles. The standard InChI is InChI=1S/C45H34FN3/c1-45(2)37-21-7-6-19-34(37)40(29-13-4-3-5-14-29)35-23-24-39-41(42(35)45)36-20-12-26-48-44(36)49(39)33-18-11-17-32(28-33)43(46)31-16-10-15-30(27-31)38-22-8-9-25-47-38/h3-28,40,43H,1-2H3. The van der Waals surface area contributed by atoms with Gasteiger partial charge in [-0.05, 0) is 87.5 Å². The molecule has 0 saturated heterocycles. The third kappa shape index (κ3) is 4.62. The molecular weight excluding hydrogens is 602 g/mol. The number of rotatable bonds is 5. The fraction of sp³-hybridized carbons (Fsp3) is 0.111. The van der Waals surface area contributed by atoms with Crippen molar-refractivity contribution in [1.82, 2.24) is 14.5 Å². The third-order valence-electron chi connectivity index (χ3n) is 10.3. The summed E-state index contributed by atoms with van der Waals surface area (Å²) in [6, 6.07) is 49.7. The Morgan fingerprint density at radius 3 is 2.24 bits per heavy atom. The molecule has 49 heavy (non-hydrogen) atoms. The molecule has 1 aliphatic rings. The lowest BCUT2D eigenvalue weighted by Gasteiger charge is -2.40. The van der Waals surface area contributed by atoms with Crippen LogP contribution in [0.3, 0.4) is 0 Å². The van der Waals surface area contributed by atoms with E-state index in [1.165, 1.54) is 33.2 Å². The highest BCUT2D eigenvalue weighted by Crippen LogP contribution is 2.53. The van der Waals surface area contributed by atoms with Crippen LogP contribution >= 0.6 is 0 Å². The van der Waals surface area contributed by atoms with Gasteiger partial charge in [0.1, 0.15) is 5.65 Å². The summed E-state index contributed by atoms with van der Waals surface area (Å²) >= 11 is 0. The van der Waals surface area contributed by atoms with Gasteiger partial charge in [-0.2, -0.15) is 0 Å². The Labute approximate surface area is 285 Å². The van der Waals surface area contributed by atoms with Gasteiger partial charge < -0.3 is 0 Å². The number of aromatic nitrogens is 3. The van der Waals surface area contributed by atoms with Crippen LogP contribution < -0.4 is 0 Å². The highest BCUT2D eigenvalue weighted by Gasteiger charge is 2.40. The minimum Gasteiger partial charge on any atom is -0.294 e. The van der Waals surface area contributed by atoms with E-state index in [1.807, 2.05) is 72.9 Å². The van der Waals surface area contributed by atoms with Crippen LogP contribution in [-0.2, 0) is 5.41 Å². The zero-order valence-corrected chi connectivity index (χ0v) is 27.4. The first-order chi connectivity index (χ1) is 24.0. The Hall–Kier alpha value is -5.87. The highest BCUT2D eigenvalue weighted by molar-refractivity contribution is 6.11. The second kappa shape index (κ2) is 11.4. The lowest BCUT2D eigenvalue weighted by Crippen LogP contribution is -2.30. The van der Waals surface area contributed by atoms with Crippen LogP contribution in [0.1, 0.15) is 64.9 Å². The van der Waals surface area contributed by atoms with Gasteiger partial charge in [0.25, 0.3) is 0 Å². The predicted octanol–water partition coefficient (Wildman–Crippen LogP) is 11.1. The molecule has 3 aromatic heterocycles. The van der Waals surface area contributed by atoms with E-state index in [1.54, 1.807) is 6.20 Å². The van der Waals surface area contributed by atoms with Crippen molar-refractivity contribution in [2.75, 3.05) is 0 Å². The second-order valence-corrected chi connectivity index (χ2v) is 13.5. The minimum absolute atomic E-state index is 0.109. The normalized spacial score (nSPS) is 15.5. The third-order valence-corrected chi connectivity index (χ3v) is 10.3. The summed E-state index contributed by atoms with van der Waals surface area (Å²) in [4.78, 5) is 9.42. The molecule has 0 N–H and O–H groups in total. The largest absolute Gasteiger partial charge is 0.294 e. The highest BCUT2D eigenvalue weighted by atomic mass is 19.1. The van der Waals surface area contributed by atoms with E-state index in [0.717, 1.165) is 33.5 Å². The molecule has 2 atom stereocenters. The molecule has 2 unspecified atom stereocenters. The first kappa shape index (κ1) is 29.3. The summed E-state index contributed by atoms with van der Waals surface area (Å²) in [5.41, 5.74) is 12.1. The van der Waals surface area contributed by atoms with Gasteiger partial charge >= 0.3 is 0 Å². The lowest BCUT2D eigenvalue weighted by molar-refractivity contribution is 0.402. The maximum absolute atomic E-state index is 16.4. The fourth-order valence-electron chi connectivity index (χ4n) is 8.15. The second-order valence-electron chi connectivity index (χ2n) is 13.5. The molecule has 1 aliphatic carbocycles. The van der Waals surface area contributed by atoms with Crippen molar-refractivity contribution in [3.8, 4) is 16.9 Å². The molecular formula is C45H34FN3. The summed E-state index contributed by atoms with van der Waals surface area (Å²) in [5.74, 6) is 0.109. The van der Waals surface area contributed by atoms with Crippen molar-refractivity contribution < 1.29 is 4.39 Å². The Kier molecular flexibility index (Phi) is 6.80. The number of benzene rings is 5. The average molecular weight is 636 g/mol. The molecule has 0 fully saturated rings. The molecule has 236 valence electrons. The van der Waals surface area contributed by atoms with Crippen LogP contribution in [0.4, 0.5) is 4.39 Å². The summed E-state index contributed by atoms with van der Waals surface area (Å²) in [6.45, 7) is 4.69. The zero-order valence-electron chi connectivity index (χ0n) is 27.4. The van der Waals surface area contributed by atoms with E-state index < -0.39 is 6.17 Å². The zero-order chi connectivity index (χ0) is 33.1. The summed E-state index contributed by atoms with van der Waals surface area (Å²) in [7, 11) is 0. The first-order valence-corrected chi connectivity index (χ1v) is 16.8. The monoisotopic (exact) mass is 635 g/mol. The van der Waals surface area contributed by atoms with E-state index >= 15 is 4.39 Å². The number of halogens is 1. The Morgan fingerprint density at radius 2 is 1.41 bits per heavy atom. The van der Waals surface area contributed by atoms with Gasteiger partial charge in [-0.15, -0.1) is 0 Å². The van der Waals surface area contributed by atoms with E-state index in [0.29, 0.717) is 11.1 Å². The van der Waals surface area contributed by atoms with Crippen LogP contribution in [0.25, 0.3) is 38.9 Å². The van der Waals surface area contributed by atoms with Gasteiger partial charge in [-0.3, -0.25) is 9.55 Å². The van der Waals surface area contributed by atoms with Crippen LogP contribution in [0.2, 0.25) is 0 Å². The van der Waals surface area contributed by atoms with Crippen molar-refractivity contribution in [2.45, 2.75) is 31.4 Å². The molecule has 0 amide bonds. The molecule has 0 spiro atoms. The number of alkyl halides is 1. The van der Waals surface area contributed by atoms with Crippen molar-refractivity contribution >= 4 is 21.9 Å². The smallest absolute Gasteiger partial charge is 0.150 e. The van der Waals surface area contributed by atoms with Crippen LogP contribution in [-0.4, -0.2) is 14.5 Å². The quantitative estimate of drug-likeness (QED) is 0.188. The number of fused-ring (bicyclic) bond motifs is 6. The minimum atomic E-state index is -1.31. The molecule has 8 aromatic rings. The van der Waals surface area contributed by atoms with Gasteiger partial charge in [-0.1, -0.05) is 111 Å². The van der Waals surface area contributed by atoms with E-state index in [9.17, 15) is 0 Å². The van der Waals surface area contributed by atoms with E-state index in [4.69, 9.17) is 4.98 Å². The van der Waals surface area contributed by atoms with Crippen LogP contribution in [0.15, 0.2) is 158 Å². The number of hydrogen-bond acceptors (Lipinski definition) is 2. The van der Waals surface area contributed by atoms with Crippen molar-refractivity contribution in [1.29, 1.82) is 0 Å². The first-order valence-electron chi connectivity index (χ1n) is 16.8. The lowest BCUT2D eigenvalue weighted by atomic mass is 9.63. The maximum Gasteiger partial charge on any atom is 0.150 e. The summed E-state index contributed by atoms with van der Waals surface area (Å²) in [6.07, 6.45) is 2.30. The molecule has 0 bridgehead atoms. The van der Waals surface area contributed by atoms with Crippen molar-refractivity contribution in [3.63, 3.8) is 0 Å². The number of pyridine rings is 2. The fourth-order valence-corrected chi connectivity index (χ4v) is 8.15. The molecule has 3 nitrogen and oxygen atoms in total. The molecule has 5 aromatic carbocycles. The van der Waals surface area contributed by atoms with Crippen molar-refractivity contribution in [3.05, 3.63) is 197 Å². The van der Waals surface area contributed by atoms with E-state index in [-0.39, 0.29) is 11.3 Å². The predicted molar refractivity (Wildman–Crippen MR) is 197 cm³/mol. The Morgan fingerprint density at radius 1 is 0.653 bits per heavy atom. The van der Waals surface area contributed by atoms with Gasteiger partial charge in [0.05, 0.1) is 11.2 Å². The van der Waals surface area contributed by atoms with Crippen molar-refractivity contribution in [2.24, 2.45) is 0 Å². The Balaban J connectivity index is 1.24. The number of hydrogen-bond donors (Lipinski definition) is 0. The van der Waals surface area contributed by atoms with Crippen LogP contribution in [0.5, 0.6) is 0 Å².